The number of carbonyl (C=O) groups excluding carboxylic acids is 2. The molecule has 1 heterocycles. The van der Waals surface area contributed by atoms with Crippen LogP contribution in [0.4, 0.5) is 16.5 Å². The number of hydrogen-bond acceptors (Lipinski definition) is 8. The molecule has 0 aliphatic carbocycles. The normalized spacial score (nSPS) is 10.4. The highest BCUT2D eigenvalue weighted by Gasteiger charge is 2.14. The Labute approximate surface area is 197 Å². The summed E-state index contributed by atoms with van der Waals surface area (Å²) >= 11 is 1.13. The van der Waals surface area contributed by atoms with Crippen molar-refractivity contribution in [2.75, 3.05) is 17.7 Å². The number of non-ortho nitro benzene ring substituents is 1. The molecule has 3 aromatic carbocycles. The van der Waals surface area contributed by atoms with Gasteiger partial charge in [-0.15, -0.1) is 10.2 Å². The maximum Gasteiger partial charge on any atom is 0.269 e. The molecule has 0 atom stereocenters. The van der Waals surface area contributed by atoms with Crippen molar-refractivity contribution in [3.05, 3.63) is 94.0 Å². The second-order valence-electron chi connectivity index (χ2n) is 6.93. The van der Waals surface area contributed by atoms with E-state index in [0.29, 0.717) is 33.1 Å². The van der Waals surface area contributed by atoms with Crippen molar-refractivity contribution in [2.45, 2.75) is 0 Å². The van der Waals surface area contributed by atoms with Crippen molar-refractivity contribution < 1.29 is 19.2 Å². The molecule has 0 saturated carbocycles. The minimum atomic E-state index is -0.483. The number of anilines is 2. The Morgan fingerprint density at radius 3 is 2.29 bits per heavy atom. The van der Waals surface area contributed by atoms with Gasteiger partial charge in [-0.3, -0.25) is 25.0 Å². The van der Waals surface area contributed by atoms with Gasteiger partial charge < -0.3 is 10.1 Å². The molecule has 2 amide bonds. The summed E-state index contributed by atoms with van der Waals surface area (Å²) in [5.41, 5.74) is 1.84. The summed E-state index contributed by atoms with van der Waals surface area (Å²) in [7, 11) is 1.55. The predicted molar refractivity (Wildman–Crippen MR) is 127 cm³/mol. The van der Waals surface area contributed by atoms with E-state index in [-0.39, 0.29) is 16.7 Å². The maximum absolute atomic E-state index is 12.7. The molecule has 34 heavy (non-hydrogen) atoms. The number of aromatic nitrogens is 2. The molecule has 0 radical (unpaired) electrons. The van der Waals surface area contributed by atoms with Crippen molar-refractivity contribution in [1.82, 2.24) is 10.2 Å². The Hall–Kier alpha value is -4.64. The van der Waals surface area contributed by atoms with Crippen molar-refractivity contribution >= 4 is 39.7 Å². The van der Waals surface area contributed by atoms with Crippen molar-refractivity contribution in [3.63, 3.8) is 0 Å². The average molecular weight is 475 g/mol. The molecule has 2 N–H and O–H groups in total. The molecule has 0 aliphatic heterocycles. The Morgan fingerprint density at radius 2 is 1.62 bits per heavy atom. The van der Waals surface area contributed by atoms with Crippen LogP contribution in [0.5, 0.6) is 5.75 Å². The van der Waals surface area contributed by atoms with Crippen molar-refractivity contribution in [2.24, 2.45) is 0 Å². The molecule has 0 bridgehead atoms. The van der Waals surface area contributed by atoms with Gasteiger partial charge in [0.2, 0.25) is 5.13 Å². The van der Waals surface area contributed by atoms with Crippen molar-refractivity contribution in [3.8, 4) is 16.3 Å². The highest BCUT2D eigenvalue weighted by atomic mass is 32.1. The number of nitro groups is 1. The van der Waals surface area contributed by atoms with Gasteiger partial charge in [0.05, 0.1) is 12.0 Å². The lowest BCUT2D eigenvalue weighted by Crippen LogP contribution is -2.14. The van der Waals surface area contributed by atoms with Gasteiger partial charge >= 0.3 is 0 Å². The first-order valence-electron chi connectivity index (χ1n) is 9.88. The molecule has 1 aromatic heterocycles. The lowest BCUT2D eigenvalue weighted by Gasteiger charge is -2.08. The van der Waals surface area contributed by atoms with Gasteiger partial charge in [0, 0.05) is 34.5 Å². The highest BCUT2D eigenvalue weighted by molar-refractivity contribution is 7.18. The molecule has 0 aliphatic rings. The van der Waals surface area contributed by atoms with E-state index in [0.717, 1.165) is 11.3 Å². The Kier molecular flexibility index (Phi) is 6.55. The summed E-state index contributed by atoms with van der Waals surface area (Å²) < 4.78 is 5.09. The molecule has 10 nitrogen and oxygen atoms in total. The van der Waals surface area contributed by atoms with Crippen LogP contribution in [0.1, 0.15) is 20.7 Å². The zero-order valence-corrected chi connectivity index (χ0v) is 18.5. The first-order valence-corrected chi connectivity index (χ1v) is 10.7. The summed E-state index contributed by atoms with van der Waals surface area (Å²) in [6, 6.07) is 19.0. The fourth-order valence-corrected chi connectivity index (χ4v) is 3.71. The van der Waals surface area contributed by atoms with Gasteiger partial charge in [-0.25, -0.2) is 0 Å². The van der Waals surface area contributed by atoms with Crippen LogP contribution in [0, 0.1) is 10.1 Å². The maximum atomic E-state index is 12.7. The van der Waals surface area contributed by atoms with Crippen LogP contribution in [0.2, 0.25) is 0 Å². The zero-order valence-electron chi connectivity index (χ0n) is 17.7. The summed E-state index contributed by atoms with van der Waals surface area (Å²) in [6.45, 7) is 0. The smallest absolute Gasteiger partial charge is 0.269 e. The fourth-order valence-electron chi connectivity index (χ4n) is 2.97. The van der Waals surface area contributed by atoms with Crippen LogP contribution >= 0.6 is 11.3 Å². The SMILES string of the molecule is COc1ccc(C(=O)Nc2cccc(C(=O)Nc3nnc(-c4ccc([N+](=O)[O-])cc4)s3)c2)cc1. The molecule has 0 fully saturated rings. The molecule has 0 unspecified atom stereocenters. The second-order valence-corrected chi connectivity index (χ2v) is 7.91. The average Bonchev–Trinajstić information content (AvgIpc) is 3.32. The van der Waals surface area contributed by atoms with Crippen LogP contribution in [-0.4, -0.2) is 34.0 Å². The third-order valence-electron chi connectivity index (χ3n) is 4.71. The molecule has 170 valence electrons. The molecular weight excluding hydrogens is 458 g/mol. The van der Waals surface area contributed by atoms with Gasteiger partial charge in [0.15, 0.2) is 0 Å². The van der Waals surface area contributed by atoms with Crippen molar-refractivity contribution in [1.29, 1.82) is 0 Å². The van der Waals surface area contributed by atoms with Crippen LogP contribution in [0.3, 0.4) is 0 Å². The van der Waals surface area contributed by atoms with Crippen LogP contribution < -0.4 is 15.4 Å². The minimum Gasteiger partial charge on any atom is -0.497 e. The summed E-state index contributed by atoms with van der Waals surface area (Å²) in [5, 5.41) is 25.0. The third-order valence-corrected chi connectivity index (χ3v) is 5.59. The topological polar surface area (TPSA) is 136 Å². The quantitative estimate of drug-likeness (QED) is 0.294. The molecular formula is C23H17N5O5S. The van der Waals surface area contributed by atoms with Crippen LogP contribution in [0.15, 0.2) is 72.8 Å². The number of nitro benzene ring substituents is 1. The number of rotatable bonds is 7. The number of benzene rings is 3. The zero-order chi connectivity index (χ0) is 24.1. The monoisotopic (exact) mass is 475 g/mol. The first-order chi connectivity index (χ1) is 16.4. The summed E-state index contributed by atoms with van der Waals surface area (Å²) in [6.07, 6.45) is 0. The Morgan fingerprint density at radius 1 is 0.912 bits per heavy atom. The fraction of sp³-hybridized carbons (Fsp3) is 0.0435. The van der Waals surface area contributed by atoms with Crippen LogP contribution in [0.25, 0.3) is 10.6 Å². The predicted octanol–water partition coefficient (Wildman–Crippen LogP) is 4.63. The molecule has 0 spiro atoms. The third kappa shape index (κ3) is 5.22. The van der Waals surface area contributed by atoms with E-state index < -0.39 is 10.8 Å². The molecule has 4 aromatic rings. The van der Waals surface area contributed by atoms with Gasteiger partial charge in [-0.2, -0.15) is 0 Å². The van der Waals surface area contributed by atoms with Crippen LogP contribution in [-0.2, 0) is 0 Å². The first kappa shape index (κ1) is 22.6. The number of nitrogens with one attached hydrogen (secondary N) is 2. The van der Waals surface area contributed by atoms with Gasteiger partial charge in [-0.1, -0.05) is 17.4 Å². The Bertz CT molecular complexity index is 1350. The van der Waals surface area contributed by atoms with E-state index >= 15 is 0 Å². The lowest BCUT2D eigenvalue weighted by molar-refractivity contribution is -0.384. The second kappa shape index (κ2) is 9.88. The minimum absolute atomic E-state index is 0.0271. The van der Waals surface area contributed by atoms with E-state index in [1.54, 1.807) is 67.8 Å². The summed E-state index contributed by atoms with van der Waals surface area (Å²) in [5.74, 6) is -0.104. The largest absolute Gasteiger partial charge is 0.497 e. The molecule has 4 rings (SSSR count). The Balaban J connectivity index is 1.42. The van der Waals surface area contributed by atoms with E-state index in [1.165, 1.54) is 12.1 Å². The van der Waals surface area contributed by atoms with E-state index in [9.17, 15) is 19.7 Å². The van der Waals surface area contributed by atoms with Gasteiger partial charge in [0.25, 0.3) is 17.5 Å². The standard InChI is InChI=1S/C23H17N5O5S/c1-33-19-11-7-14(8-12-19)20(29)24-17-4-2-3-16(13-17)21(30)25-23-27-26-22(34-23)15-5-9-18(10-6-15)28(31)32/h2-13H,1H3,(H,24,29)(H,25,27,30). The number of methoxy groups -OCH3 is 1. The summed E-state index contributed by atoms with van der Waals surface area (Å²) in [4.78, 5) is 35.5. The van der Waals surface area contributed by atoms with Gasteiger partial charge in [-0.05, 0) is 54.6 Å². The van der Waals surface area contributed by atoms with E-state index in [1.807, 2.05) is 0 Å². The molecule has 0 saturated heterocycles. The highest BCUT2D eigenvalue weighted by Crippen LogP contribution is 2.28. The number of ether oxygens (including phenoxy) is 1. The van der Waals surface area contributed by atoms with E-state index in [4.69, 9.17) is 4.74 Å². The number of nitrogens with zero attached hydrogens (tertiary/aromatic N) is 3. The lowest BCUT2D eigenvalue weighted by atomic mass is 10.1. The number of carbonyl (C=O) groups is 2. The van der Waals surface area contributed by atoms with Gasteiger partial charge in [0.1, 0.15) is 10.8 Å². The molecule has 11 heteroatoms. The number of amides is 2. The van der Waals surface area contributed by atoms with E-state index in [2.05, 4.69) is 20.8 Å². The number of hydrogen-bond donors (Lipinski definition) is 2.